The molecule has 38 heavy (non-hydrogen) atoms. The van der Waals surface area contributed by atoms with Crippen LogP contribution in [-0.4, -0.2) is 24.5 Å². The molecule has 0 unspecified atom stereocenters. The van der Waals surface area contributed by atoms with Crippen LogP contribution < -0.4 is 4.90 Å². The largest absolute Gasteiger partial charge is 0.302 e. The number of hydrogen-bond donors (Lipinski definition) is 0. The van der Waals surface area contributed by atoms with Crippen LogP contribution in [0.4, 0.5) is 17.3 Å². The molecule has 0 aliphatic carbocycles. The molecule has 178 valence electrons. The van der Waals surface area contributed by atoms with Crippen molar-refractivity contribution in [3.8, 4) is 28.2 Å². The molecule has 7 aromatic rings. The molecule has 3 aromatic carbocycles. The third kappa shape index (κ3) is 3.01. The van der Waals surface area contributed by atoms with Gasteiger partial charge in [0.2, 0.25) is 5.95 Å². The molecule has 6 heteroatoms. The Morgan fingerprint density at radius 3 is 1.84 bits per heavy atom. The zero-order valence-electron chi connectivity index (χ0n) is 20.2. The summed E-state index contributed by atoms with van der Waals surface area (Å²) in [4.78, 5) is 21.9. The first-order valence-corrected chi connectivity index (χ1v) is 12.5. The molecular formula is C32H20N6. The maximum atomic E-state index is 5.14. The van der Waals surface area contributed by atoms with Gasteiger partial charge in [-0.2, -0.15) is 0 Å². The minimum Gasteiger partial charge on any atom is -0.302 e. The molecule has 0 bridgehead atoms. The van der Waals surface area contributed by atoms with Gasteiger partial charge in [-0.25, -0.2) is 9.97 Å². The van der Waals surface area contributed by atoms with Crippen LogP contribution in [0.3, 0.4) is 0 Å². The van der Waals surface area contributed by atoms with Gasteiger partial charge in [0.1, 0.15) is 11.0 Å². The highest BCUT2D eigenvalue weighted by Crippen LogP contribution is 2.48. The molecule has 5 heterocycles. The van der Waals surface area contributed by atoms with E-state index in [4.69, 9.17) is 19.9 Å². The zero-order chi connectivity index (χ0) is 25.1. The third-order valence-corrected chi connectivity index (χ3v) is 7.04. The second kappa shape index (κ2) is 8.08. The number of anilines is 3. The minimum atomic E-state index is 0.606. The standard InChI is InChI=1S/C32H20N6/c1-3-10-21(11-4-1)23-20-24(22-12-5-2-6-13-22)36-32(35-23)38-26-15-8-7-14-25(26)37-27-16-9-18-33-29(27)30-31(37)28(38)17-19-34-30/h1-20H. The first kappa shape index (κ1) is 20.8. The molecule has 0 spiro atoms. The summed E-state index contributed by atoms with van der Waals surface area (Å²) in [7, 11) is 0. The predicted octanol–water partition coefficient (Wildman–Crippen LogP) is 7.48. The Kier molecular flexibility index (Phi) is 4.42. The molecule has 0 saturated heterocycles. The van der Waals surface area contributed by atoms with Gasteiger partial charge in [0, 0.05) is 23.5 Å². The number of para-hydroxylation sites is 2. The van der Waals surface area contributed by atoms with E-state index in [1.54, 1.807) is 0 Å². The lowest BCUT2D eigenvalue weighted by atomic mass is 10.1. The second-order valence-electron chi connectivity index (χ2n) is 9.23. The summed E-state index contributed by atoms with van der Waals surface area (Å²) >= 11 is 0. The molecular weight excluding hydrogens is 468 g/mol. The van der Waals surface area contributed by atoms with Crippen molar-refractivity contribution in [2.45, 2.75) is 0 Å². The van der Waals surface area contributed by atoms with Crippen molar-refractivity contribution in [3.63, 3.8) is 0 Å². The van der Waals surface area contributed by atoms with Crippen molar-refractivity contribution in [3.05, 3.63) is 122 Å². The second-order valence-corrected chi connectivity index (χ2v) is 9.23. The van der Waals surface area contributed by atoms with Crippen LogP contribution in [-0.2, 0) is 0 Å². The van der Waals surface area contributed by atoms with Crippen molar-refractivity contribution in [2.75, 3.05) is 4.90 Å². The first-order chi connectivity index (χ1) is 18.9. The Morgan fingerprint density at radius 1 is 0.500 bits per heavy atom. The fourth-order valence-corrected chi connectivity index (χ4v) is 5.38. The van der Waals surface area contributed by atoms with Crippen molar-refractivity contribution in [1.82, 2.24) is 24.5 Å². The van der Waals surface area contributed by atoms with Gasteiger partial charge in [0.15, 0.2) is 0 Å². The SMILES string of the molecule is c1ccc(-c2cc(-c3ccccc3)nc(N3c4ccccc4-n4c5cccnc5c5nccc3c54)n2)cc1. The van der Waals surface area contributed by atoms with Crippen LogP contribution in [0.5, 0.6) is 0 Å². The normalized spacial score (nSPS) is 12.2. The Hall–Kier alpha value is -5.36. The highest BCUT2D eigenvalue weighted by atomic mass is 15.3. The van der Waals surface area contributed by atoms with E-state index < -0.39 is 0 Å². The summed E-state index contributed by atoms with van der Waals surface area (Å²) in [6.45, 7) is 0. The van der Waals surface area contributed by atoms with Crippen LogP contribution in [0, 0.1) is 0 Å². The van der Waals surface area contributed by atoms with E-state index in [0.717, 1.165) is 61.6 Å². The first-order valence-electron chi connectivity index (χ1n) is 12.5. The minimum absolute atomic E-state index is 0.606. The van der Waals surface area contributed by atoms with Crippen LogP contribution in [0.25, 0.3) is 50.3 Å². The molecule has 6 nitrogen and oxygen atoms in total. The molecule has 0 atom stereocenters. The highest BCUT2D eigenvalue weighted by Gasteiger charge is 2.31. The van der Waals surface area contributed by atoms with Crippen molar-refractivity contribution in [2.24, 2.45) is 0 Å². The van der Waals surface area contributed by atoms with E-state index in [-0.39, 0.29) is 0 Å². The molecule has 8 rings (SSSR count). The topological polar surface area (TPSA) is 59.7 Å². The van der Waals surface area contributed by atoms with E-state index in [0.29, 0.717) is 5.95 Å². The van der Waals surface area contributed by atoms with Crippen LogP contribution in [0.2, 0.25) is 0 Å². The fraction of sp³-hybridized carbons (Fsp3) is 0. The number of benzene rings is 3. The lowest BCUT2D eigenvalue weighted by molar-refractivity contribution is 1.04. The number of aromatic nitrogens is 5. The van der Waals surface area contributed by atoms with Crippen LogP contribution >= 0.6 is 0 Å². The fourth-order valence-electron chi connectivity index (χ4n) is 5.38. The van der Waals surface area contributed by atoms with Crippen molar-refractivity contribution < 1.29 is 0 Å². The summed E-state index contributed by atoms with van der Waals surface area (Å²) in [5, 5.41) is 0. The summed E-state index contributed by atoms with van der Waals surface area (Å²) in [6.07, 6.45) is 3.66. The van der Waals surface area contributed by atoms with E-state index in [1.165, 1.54) is 0 Å². The van der Waals surface area contributed by atoms with Gasteiger partial charge in [0.05, 0.1) is 39.5 Å². The lowest BCUT2D eigenvalue weighted by Gasteiger charge is -2.31. The number of pyridine rings is 2. The average Bonchev–Trinajstić information content (AvgIpc) is 3.34. The van der Waals surface area contributed by atoms with E-state index in [9.17, 15) is 0 Å². The lowest BCUT2D eigenvalue weighted by Crippen LogP contribution is -2.20. The Morgan fingerprint density at radius 2 is 1.13 bits per heavy atom. The van der Waals surface area contributed by atoms with Gasteiger partial charge in [0.25, 0.3) is 0 Å². The molecule has 0 amide bonds. The Bertz CT molecular complexity index is 1920. The number of rotatable bonds is 3. The zero-order valence-corrected chi connectivity index (χ0v) is 20.2. The Balaban J connectivity index is 1.46. The molecule has 4 aromatic heterocycles. The van der Waals surface area contributed by atoms with Gasteiger partial charge in [-0.15, -0.1) is 0 Å². The molecule has 0 radical (unpaired) electrons. The molecule has 1 aliphatic rings. The van der Waals surface area contributed by atoms with E-state index in [1.807, 2.05) is 60.9 Å². The third-order valence-electron chi connectivity index (χ3n) is 7.04. The average molecular weight is 489 g/mol. The predicted molar refractivity (Wildman–Crippen MR) is 151 cm³/mol. The Labute approximate surface area is 218 Å². The van der Waals surface area contributed by atoms with Crippen molar-refractivity contribution >= 4 is 39.4 Å². The quantitative estimate of drug-likeness (QED) is 0.258. The monoisotopic (exact) mass is 488 g/mol. The highest BCUT2D eigenvalue weighted by molar-refractivity contribution is 6.13. The summed E-state index contributed by atoms with van der Waals surface area (Å²) in [5.41, 5.74) is 10.6. The smallest absolute Gasteiger partial charge is 0.235 e. The number of nitrogens with zero attached hydrogens (tertiary/aromatic N) is 6. The van der Waals surface area contributed by atoms with Crippen LogP contribution in [0.15, 0.2) is 122 Å². The van der Waals surface area contributed by atoms with Gasteiger partial charge in [-0.3, -0.25) is 14.9 Å². The van der Waals surface area contributed by atoms with Gasteiger partial charge in [-0.1, -0.05) is 72.8 Å². The van der Waals surface area contributed by atoms with Crippen molar-refractivity contribution in [1.29, 1.82) is 0 Å². The molecule has 1 aliphatic heterocycles. The summed E-state index contributed by atoms with van der Waals surface area (Å²) in [5.74, 6) is 0.606. The maximum absolute atomic E-state index is 5.14. The van der Waals surface area contributed by atoms with Crippen LogP contribution in [0.1, 0.15) is 0 Å². The number of hydrogen-bond acceptors (Lipinski definition) is 5. The van der Waals surface area contributed by atoms with E-state index in [2.05, 4.69) is 70.1 Å². The molecule has 0 fully saturated rings. The van der Waals surface area contributed by atoms with Gasteiger partial charge >= 0.3 is 0 Å². The van der Waals surface area contributed by atoms with E-state index >= 15 is 0 Å². The summed E-state index contributed by atoms with van der Waals surface area (Å²) in [6, 6.07) is 37.0. The number of fused-ring (bicyclic) bond motifs is 5. The van der Waals surface area contributed by atoms with Gasteiger partial charge in [-0.05, 0) is 36.4 Å². The molecule has 0 N–H and O–H groups in total. The van der Waals surface area contributed by atoms with Gasteiger partial charge < -0.3 is 4.57 Å². The maximum Gasteiger partial charge on any atom is 0.235 e. The summed E-state index contributed by atoms with van der Waals surface area (Å²) < 4.78 is 2.25. The molecule has 0 saturated carbocycles.